The van der Waals surface area contributed by atoms with Gasteiger partial charge in [0, 0.05) is 30.9 Å². The molecule has 2 aromatic rings. The molecule has 0 saturated heterocycles. The number of hydrogen-bond acceptors (Lipinski definition) is 4. The maximum Gasteiger partial charge on any atom is 0.284 e. The quantitative estimate of drug-likeness (QED) is 0.647. The molecular formula is C16H19N5O2. The number of H-pyrrole nitrogens is 1. The highest BCUT2D eigenvalue weighted by molar-refractivity contribution is 6.23. The van der Waals surface area contributed by atoms with E-state index in [0.29, 0.717) is 6.29 Å². The predicted octanol–water partition coefficient (Wildman–Crippen LogP) is 0.849. The Labute approximate surface area is 133 Å². The van der Waals surface area contributed by atoms with Gasteiger partial charge >= 0.3 is 0 Å². The molecule has 0 aromatic carbocycles. The van der Waals surface area contributed by atoms with Crippen molar-refractivity contribution in [3.8, 4) is 0 Å². The Morgan fingerprint density at radius 2 is 2.39 bits per heavy atom. The number of nitrogens with zero attached hydrogens (tertiary/aromatic N) is 3. The number of aldehydes is 1. The van der Waals surface area contributed by atoms with Crippen molar-refractivity contribution < 1.29 is 9.59 Å². The van der Waals surface area contributed by atoms with Crippen LogP contribution >= 0.6 is 0 Å². The van der Waals surface area contributed by atoms with Gasteiger partial charge in [0.15, 0.2) is 11.1 Å². The summed E-state index contributed by atoms with van der Waals surface area (Å²) in [7, 11) is 1.72. The molecule has 2 atom stereocenters. The largest absolute Gasteiger partial charge is 0.347 e. The number of fused-ring (bicyclic) bond motifs is 1. The molecular weight excluding hydrogens is 294 g/mol. The summed E-state index contributed by atoms with van der Waals surface area (Å²) in [5.41, 5.74) is 3.38. The number of carbonyl (C=O) groups is 2. The molecule has 23 heavy (non-hydrogen) atoms. The lowest BCUT2D eigenvalue weighted by Gasteiger charge is -2.18. The van der Waals surface area contributed by atoms with Crippen molar-refractivity contribution in [3.63, 3.8) is 0 Å². The molecule has 1 aliphatic carbocycles. The third-order valence-electron chi connectivity index (χ3n) is 4.36. The van der Waals surface area contributed by atoms with Crippen molar-refractivity contribution in [3.05, 3.63) is 30.5 Å². The van der Waals surface area contributed by atoms with E-state index in [9.17, 15) is 9.59 Å². The summed E-state index contributed by atoms with van der Waals surface area (Å²) in [5.74, 6) is -0.340. The van der Waals surface area contributed by atoms with Crippen LogP contribution in [-0.2, 0) is 9.59 Å². The summed E-state index contributed by atoms with van der Waals surface area (Å²) < 4.78 is 2.01. The van der Waals surface area contributed by atoms with Gasteiger partial charge in [-0.25, -0.2) is 4.98 Å². The number of allylic oxidation sites excluding steroid dienone is 1. The standard InChI is InChI=1S/C16H19N5O2/c1-10(11-3-4-12(7-11)20-15(23)9-22)21-13-5-6-18-16(13)19-8-14(21)17-2/h5-6,8-9,11-12,18H,1,3-4,7H2,2H3,(H,20,23)/t11-,12+/m1/s1. The van der Waals surface area contributed by atoms with Crippen LogP contribution in [-0.4, -0.2) is 39.8 Å². The van der Waals surface area contributed by atoms with E-state index in [0.717, 1.165) is 41.6 Å². The molecule has 7 heteroatoms. The first-order valence-electron chi connectivity index (χ1n) is 7.57. The zero-order valence-corrected chi connectivity index (χ0v) is 13.0. The molecule has 0 spiro atoms. The molecule has 1 aliphatic rings. The van der Waals surface area contributed by atoms with Crippen molar-refractivity contribution in [2.45, 2.75) is 25.3 Å². The number of hydrogen-bond donors (Lipinski definition) is 2. The van der Waals surface area contributed by atoms with Crippen LogP contribution in [0.4, 0.5) is 0 Å². The molecule has 0 bridgehead atoms. The minimum Gasteiger partial charge on any atom is -0.347 e. The average Bonchev–Trinajstić information content (AvgIpc) is 3.21. The number of rotatable bonds is 4. The van der Waals surface area contributed by atoms with Gasteiger partial charge in [-0.3, -0.25) is 19.1 Å². The Morgan fingerprint density at radius 1 is 1.57 bits per heavy atom. The first-order valence-corrected chi connectivity index (χ1v) is 7.57. The normalized spacial score (nSPS) is 21.5. The molecule has 2 aromatic heterocycles. The lowest BCUT2D eigenvalue weighted by Crippen LogP contribution is -2.33. The van der Waals surface area contributed by atoms with E-state index in [1.165, 1.54) is 0 Å². The molecule has 1 amide bonds. The monoisotopic (exact) mass is 313 g/mol. The fourth-order valence-electron chi connectivity index (χ4n) is 3.23. The Hall–Kier alpha value is -2.70. The van der Waals surface area contributed by atoms with E-state index in [4.69, 9.17) is 0 Å². The minimum absolute atomic E-state index is 0.0145. The van der Waals surface area contributed by atoms with Gasteiger partial charge in [-0.15, -0.1) is 0 Å². The second-order valence-electron chi connectivity index (χ2n) is 5.71. The SMILES string of the molecule is C=C([C@@H]1CC[C@H](NC(=O)C=O)C1)n1c(=NC)cnc2[nH]ccc21. The highest BCUT2D eigenvalue weighted by Gasteiger charge is 2.29. The molecule has 1 saturated carbocycles. The minimum atomic E-state index is -0.560. The van der Waals surface area contributed by atoms with Crippen molar-refractivity contribution in [2.75, 3.05) is 7.05 Å². The van der Waals surface area contributed by atoms with Gasteiger partial charge in [0.1, 0.15) is 0 Å². The van der Waals surface area contributed by atoms with Crippen LogP contribution in [0.3, 0.4) is 0 Å². The highest BCUT2D eigenvalue weighted by Crippen LogP contribution is 2.33. The number of aromatic amines is 1. The number of nitrogens with one attached hydrogen (secondary N) is 2. The van der Waals surface area contributed by atoms with Gasteiger partial charge in [0.25, 0.3) is 5.91 Å². The Morgan fingerprint density at radius 3 is 3.13 bits per heavy atom. The molecule has 0 radical (unpaired) electrons. The zero-order valence-electron chi connectivity index (χ0n) is 13.0. The molecule has 0 aliphatic heterocycles. The van der Waals surface area contributed by atoms with Crippen LogP contribution in [0.5, 0.6) is 0 Å². The van der Waals surface area contributed by atoms with Crippen LogP contribution in [0, 0.1) is 5.92 Å². The molecule has 2 N–H and O–H groups in total. The third kappa shape index (κ3) is 2.81. The van der Waals surface area contributed by atoms with E-state index < -0.39 is 5.91 Å². The van der Waals surface area contributed by atoms with Crippen molar-refractivity contribution >= 4 is 29.1 Å². The molecule has 2 heterocycles. The van der Waals surface area contributed by atoms with Crippen molar-refractivity contribution in [1.29, 1.82) is 0 Å². The summed E-state index contributed by atoms with van der Waals surface area (Å²) in [6.45, 7) is 4.26. The van der Waals surface area contributed by atoms with E-state index in [1.54, 1.807) is 13.2 Å². The Balaban J connectivity index is 1.88. The summed E-state index contributed by atoms with van der Waals surface area (Å²) >= 11 is 0. The van der Waals surface area contributed by atoms with Gasteiger partial charge in [0.2, 0.25) is 6.29 Å². The van der Waals surface area contributed by atoms with Crippen LogP contribution in [0.1, 0.15) is 19.3 Å². The zero-order chi connectivity index (χ0) is 16.4. The maximum atomic E-state index is 11.2. The molecule has 7 nitrogen and oxygen atoms in total. The summed E-state index contributed by atoms with van der Waals surface area (Å²) in [6, 6.07) is 1.96. The lowest BCUT2D eigenvalue weighted by atomic mass is 10.0. The third-order valence-corrected chi connectivity index (χ3v) is 4.36. The van der Waals surface area contributed by atoms with E-state index in [-0.39, 0.29) is 12.0 Å². The molecule has 3 rings (SSSR count). The van der Waals surface area contributed by atoms with Crippen LogP contribution < -0.4 is 10.8 Å². The van der Waals surface area contributed by atoms with E-state index >= 15 is 0 Å². The second kappa shape index (κ2) is 6.20. The Kier molecular flexibility index (Phi) is 4.10. The summed E-state index contributed by atoms with van der Waals surface area (Å²) in [5, 5.41) is 2.73. The fraction of sp³-hybridized carbons (Fsp3) is 0.375. The van der Waals surface area contributed by atoms with Crippen LogP contribution in [0.15, 0.2) is 30.0 Å². The number of carbonyl (C=O) groups excluding carboxylic acids is 2. The fourth-order valence-corrected chi connectivity index (χ4v) is 3.23. The average molecular weight is 313 g/mol. The van der Waals surface area contributed by atoms with Crippen molar-refractivity contribution in [1.82, 2.24) is 19.9 Å². The maximum absolute atomic E-state index is 11.2. The molecule has 120 valence electrons. The Bertz CT molecular complexity index is 832. The smallest absolute Gasteiger partial charge is 0.284 e. The van der Waals surface area contributed by atoms with Crippen LogP contribution in [0.2, 0.25) is 0 Å². The van der Waals surface area contributed by atoms with Crippen molar-refractivity contribution in [2.24, 2.45) is 10.9 Å². The van der Waals surface area contributed by atoms with Gasteiger partial charge in [-0.1, -0.05) is 6.58 Å². The van der Waals surface area contributed by atoms with E-state index in [2.05, 4.69) is 26.9 Å². The van der Waals surface area contributed by atoms with Crippen LogP contribution in [0.25, 0.3) is 16.9 Å². The molecule has 0 unspecified atom stereocenters. The van der Waals surface area contributed by atoms with Gasteiger partial charge < -0.3 is 10.3 Å². The van der Waals surface area contributed by atoms with Gasteiger partial charge in [-0.2, -0.15) is 0 Å². The number of amides is 1. The molecule has 1 fully saturated rings. The second-order valence-corrected chi connectivity index (χ2v) is 5.71. The topological polar surface area (TPSA) is 92.1 Å². The first kappa shape index (κ1) is 15.2. The van der Waals surface area contributed by atoms with E-state index in [1.807, 2.05) is 16.8 Å². The van der Waals surface area contributed by atoms with Gasteiger partial charge in [-0.05, 0) is 25.3 Å². The number of aromatic nitrogens is 3. The lowest BCUT2D eigenvalue weighted by molar-refractivity contribution is -0.131. The first-order chi connectivity index (χ1) is 11.1. The summed E-state index contributed by atoms with van der Waals surface area (Å²) in [4.78, 5) is 33.4. The summed E-state index contributed by atoms with van der Waals surface area (Å²) in [6.07, 6.45) is 6.38. The van der Waals surface area contributed by atoms with Gasteiger partial charge in [0.05, 0.1) is 11.7 Å². The highest BCUT2D eigenvalue weighted by atomic mass is 16.2. The predicted molar refractivity (Wildman–Crippen MR) is 86.2 cm³/mol.